The molecule has 10 heteroatoms. The molecule has 0 spiro atoms. The van der Waals surface area contributed by atoms with Gasteiger partial charge in [0.2, 0.25) is 5.95 Å². The van der Waals surface area contributed by atoms with Crippen LogP contribution in [-0.4, -0.2) is 58.8 Å². The summed E-state index contributed by atoms with van der Waals surface area (Å²) < 4.78 is 10.9. The second-order valence-electron chi connectivity index (χ2n) is 12.0. The molecule has 3 aromatic rings. The number of ether oxygens (including phenoxy) is 2. The Balaban J connectivity index is 0.000000818. The average Bonchev–Trinajstić information content (AvgIpc) is 3.01. The zero-order valence-electron chi connectivity index (χ0n) is 26.9. The van der Waals surface area contributed by atoms with E-state index in [1.54, 1.807) is 28.0 Å². The first-order chi connectivity index (χ1) is 21.1. The maximum atomic E-state index is 14.1. The molecule has 1 N–H and O–H groups in total. The van der Waals surface area contributed by atoms with Crippen molar-refractivity contribution in [2.45, 2.75) is 84.9 Å². The minimum absolute atomic E-state index is 0.201. The topological polar surface area (TPSA) is 100 Å². The van der Waals surface area contributed by atoms with Gasteiger partial charge in [-0.3, -0.25) is 9.80 Å². The predicted molar refractivity (Wildman–Crippen MR) is 175 cm³/mol. The van der Waals surface area contributed by atoms with Gasteiger partial charge in [0, 0.05) is 36.2 Å². The Morgan fingerprint density at radius 1 is 1.05 bits per heavy atom. The number of urea groups is 1. The number of para-hydroxylation sites is 1. The summed E-state index contributed by atoms with van der Waals surface area (Å²) in [7, 11) is 1.61. The fraction of sp³-hybridized carbons (Fsp3) is 0.471. The summed E-state index contributed by atoms with van der Waals surface area (Å²) in [6, 6.07) is 16.5. The Kier molecular flexibility index (Phi) is 11.0. The van der Waals surface area contributed by atoms with Gasteiger partial charge < -0.3 is 19.7 Å². The van der Waals surface area contributed by atoms with Crippen LogP contribution in [0.2, 0.25) is 0 Å². The van der Waals surface area contributed by atoms with Crippen molar-refractivity contribution < 1.29 is 19.1 Å². The summed E-state index contributed by atoms with van der Waals surface area (Å²) in [5, 5.41) is 3.23. The highest BCUT2D eigenvalue weighted by atomic mass is 16.6. The second-order valence-corrected chi connectivity index (χ2v) is 12.0. The summed E-state index contributed by atoms with van der Waals surface area (Å²) in [6.45, 7) is 11.2. The van der Waals surface area contributed by atoms with Gasteiger partial charge in [-0.25, -0.2) is 14.6 Å². The molecule has 3 heterocycles. The molecule has 10 nitrogen and oxygen atoms in total. The van der Waals surface area contributed by atoms with E-state index < -0.39 is 5.60 Å². The number of piperidine rings is 1. The maximum Gasteiger partial charge on any atom is 0.410 e. The average molecular weight is 603 g/mol. The molecule has 1 atom stereocenters. The van der Waals surface area contributed by atoms with Crippen molar-refractivity contribution in [1.29, 1.82) is 0 Å². The minimum atomic E-state index is -0.603. The SMILES string of the molecule is CCCCC.COc1ccc(N2Cc3cnc(Nc4ccccc4)nc3N(C3CCCN(C(=O)OC(C)(C)C)C3)C2=O)cc1. The first kappa shape index (κ1) is 32.6. The number of fused-ring (bicyclic) bond motifs is 1. The normalized spacial score (nSPS) is 16.5. The number of amides is 3. The lowest BCUT2D eigenvalue weighted by Crippen LogP contribution is -2.58. The fourth-order valence-electron chi connectivity index (χ4n) is 5.19. The second kappa shape index (κ2) is 14.9. The van der Waals surface area contributed by atoms with Crippen molar-refractivity contribution in [3.63, 3.8) is 0 Å². The summed E-state index contributed by atoms with van der Waals surface area (Å²) in [5.74, 6) is 1.66. The maximum absolute atomic E-state index is 14.1. The molecule has 0 aliphatic carbocycles. The van der Waals surface area contributed by atoms with Crippen molar-refractivity contribution in [3.8, 4) is 5.75 Å². The zero-order valence-corrected chi connectivity index (χ0v) is 26.9. The van der Waals surface area contributed by atoms with Crippen LogP contribution in [-0.2, 0) is 11.3 Å². The number of carbonyl (C=O) groups excluding carboxylic acids is 2. The third-order valence-electron chi connectivity index (χ3n) is 7.37. The molecule has 1 unspecified atom stereocenters. The third-order valence-corrected chi connectivity index (χ3v) is 7.37. The molecule has 5 rings (SSSR count). The first-order valence-corrected chi connectivity index (χ1v) is 15.5. The van der Waals surface area contributed by atoms with E-state index in [-0.39, 0.29) is 18.2 Å². The quantitative estimate of drug-likeness (QED) is 0.295. The van der Waals surface area contributed by atoms with Gasteiger partial charge >= 0.3 is 12.1 Å². The molecule has 0 radical (unpaired) electrons. The van der Waals surface area contributed by atoms with Gasteiger partial charge in [0.05, 0.1) is 19.7 Å². The van der Waals surface area contributed by atoms with Crippen LogP contribution < -0.4 is 19.9 Å². The summed E-state index contributed by atoms with van der Waals surface area (Å²) in [4.78, 5) is 41.5. The highest BCUT2D eigenvalue weighted by molar-refractivity contribution is 6.06. The van der Waals surface area contributed by atoms with E-state index in [1.807, 2.05) is 75.4 Å². The van der Waals surface area contributed by atoms with Crippen LogP contribution in [0.25, 0.3) is 0 Å². The van der Waals surface area contributed by atoms with Crippen LogP contribution >= 0.6 is 0 Å². The fourth-order valence-corrected chi connectivity index (χ4v) is 5.19. The van der Waals surface area contributed by atoms with Crippen LogP contribution in [0.3, 0.4) is 0 Å². The summed E-state index contributed by atoms with van der Waals surface area (Å²) in [5.41, 5.74) is 1.80. The Bertz CT molecular complexity index is 1370. The van der Waals surface area contributed by atoms with Crippen molar-refractivity contribution in [1.82, 2.24) is 14.9 Å². The van der Waals surface area contributed by atoms with Crippen molar-refractivity contribution in [3.05, 3.63) is 66.4 Å². The van der Waals surface area contributed by atoms with Crippen molar-refractivity contribution in [2.75, 3.05) is 35.3 Å². The van der Waals surface area contributed by atoms with Gasteiger partial charge in [0.15, 0.2) is 0 Å². The van der Waals surface area contributed by atoms with Crippen LogP contribution in [0.1, 0.15) is 72.3 Å². The van der Waals surface area contributed by atoms with Gasteiger partial charge in [0.25, 0.3) is 0 Å². The zero-order chi connectivity index (χ0) is 31.7. The third kappa shape index (κ3) is 8.39. The Hall–Kier alpha value is -4.34. The number of anilines is 4. The van der Waals surface area contributed by atoms with E-state index in [0.717, 1.165) is 29.8 Å². The number of rotatable bonds is 7. The number of hydrogen-bond donors (Lipinski definition) is 1. The van der Waals surface area contributed by atoms with Crippen LogP contribution in [0.5, 0.6) is 5.75 Å². The van der Waals surface area contributed by atoms with E-state index in [0.29, 0.717) is 37.1 Å². The van der Waals surface area contributed by atoms with Crippen molar-refractivity contribution >= 4 is 35.3 Å². The van der Waals surface area contributed by atoms with E-state index in [1.165, 1.54) is 19.3 Å². The predicted octanol–water partition coefficient (Wildman–Crippen LogP) is 7.77. The number of unbranched alkanes of at least 4 members (excludes halogenated alkanes) is 2. The number of hydrogen-bond acceptors (Lipinski definition) is 7. The molecule has 1 aromatic heterocycles. The highest BCUT2D eigenvalue weighted by Gasteiger charge is 2.40. The molecular formula is C34H46N6O4. The lowest BCUT2D eigenvalue weighted by Gasteiger charge is -2.43. The van der Waals surface area contributed by atoms with Gasteiger partial charge in [-0.1, -0.05) is 51.3 Å². The van der Waals surface area contributed by atoms with Crippen LogP contribution in [0.15, 0.2) is 60.8 Å². The van der Waals surface area contributed by atoms with E-state index in [9.17, 15) is 9.59 Å². The Morgan fingerprint density at radius 2 is 1.75 bits per heavy atom. The van der Waals surface area contributed by atoms with E-state index in [4.69, 9.17) is 14.5 Å². The highest BCUT2D eigenvalue weighted by Crippen LogP contribution is 2.35. The molecule has 2 aromatic carbocycles. The van der Waals surface area contributed by atoms with Crippen molar-refractivity contribution in [2.24, 2.45) is 0 Å². The molecule has 2 aliphatic rings. The van der Waals surface area contributed by atoms with Crippen LogP contribution in [0, 0.1) is 0 Å². The Labute approximate surface area is 261 Å². The molecule has 2 aliphatic heterocycles. The lowest BCUT2D eigenvalue weighted by atomic mass is 10.0. The smallest absolute Gasteiger partial charge is 0.410 e. The number of aromatic nitrogens is 2. The summed E-state index contributed by atoms with van der Waals surface area (Å²) >= 11 is 0. The number of methoxy groups -OCH3 is 1. The molecule has 1 saturated heterocycles. The molecule has 236 valence electrons. The molecule has 3 amide bonds. The number of carbonyl (C=O) groups is 2. The molecule has 1 fully saturated rings. The Morgan fingerprint density at radius 3 is 2.36 bits per heavy atom. The minimum Gasteiger partial charge on any atom is -0.497 e. The molecular weight excluding hydrogens is 556 g/mol. The van der Waals surface area contributed by atoms with Gasteiger partial charge in [-0.15, -0.1) is 0 Å². The molecule has 0 saturated carbocycles. The van der Waals surface area contributed by atoms with Gasteiger partial charge in [0.1, 0.15) is 17.2 Å². The standard InChI is InChI=1S/C29H34N6O4.C5H12/c1-29(2,3)39-28(37)33-16-8-11-23(19-33)35-25-20(17-30-26(32-25)31-21-9-6-5-7-10-21)18-34(27(35)36)22-12-14-24(38-4)15-13-22;1-3-5-4-2/h5-7,9-10,12-15,17,23H,8,11,16,18-19H2,1-4H3,(H,30,31,32);3-5H2,1-2H3. The van der Waals surface area contributed by atoms with E-state index in [2.05, 4.69) is 24.1 Å². The number of nitrogens with zero attached hydrogens (tertiary/aromatic N) is 5. The van der Waals surface area contributed by atoms with Crippen LogP contribution in [0.4, 0.5) is 32.7 Å². The lowest BCUT2D eigenvalue weighted by molar-refractivity contribution is 0.0199. The summed E-state index contributed by atoms with van der Waals surface area (Å²) in [6.07, 6.45) is 6.93. The van der Waals surface area contributed by atoms with Gasteiger partial charge in [-0.2, -0.15) is 4.98 Å². The number of nitrogens with one attached hydrogen (secondary N) is 1. The van der Waals surface area contributed by atoms with Gasteiger partial charge in [-0.05, 0) is 70.0 Å². The monoisotopic (exact) mass is 602 g/mol. The number of likely N-dealkylation sites (tertiary alicyclic amines) is 1. The number of benzene rings is 2. The first-order valence-electron chi connectivity index (χ1n) is 15.5. The molecule has 44 heavy (non-hydrogen) atoms. The largest absolute Gasteiger partial charge is 0.497 e. The molecule has 0 bridgehead atoms. The van der Waals surface area contributed by atoms with E-state index >= 15 is 0 Å².